The average Bonchev–Trinajstić information content (AvgIpc) is 2.94. The molecule has 4 heteroatoms. The van der Waals surface area contributed by atoms with Crippen LogP contribution in [0.2, 0.25) is 0 Å². The summed E-state index contributed by atoms with van der Waals surface area (Å²) in [6.07, 6.45) is 4.22. The van der Waals surface area contributed by atoms with Crippen LogP contribution < -0.4 is 5.32 Å². The van der Waals surface area contributed by atoms with Gasteiger partial charge in [0.25, 0.3) is 0 Å². The molecule has 1 aromatic heterocycles. The standard InChI is InChI=1S/C18H24N2O2/c1-12-4-5-16-14(11-22-18(16)13(12)2)10-17(21)20(3)15-6-8-19-9-7-15/h4-5,11,15,19H,6-10H2,1-3H3. The lowest BCUT2D eigenvalue weighted by molar-refractivity contribution is -0.131. The molecule has 2 aromatic rings. The number of fused-ring (bicyclic) bond motifs is 1. The summed E-state index contributed by atoms with van der Waals surface area (Å²) in [5.74, 6) is 0.174. The Labute approximate surface area is 131 Å². The van der Waals surface area contributed by atoms with E-state index < -0.39 is 0 Å². The van der Waals surface area contributed by atoms with Gasteiger partial charge >= 0.3 is 0 Å². The van der Waals surface area contributed by atoms with E-state index in [1.54, 1.807) is 6.26 Å². The maximum absolute atomic E-state index is 12.6. The van der Waals surface area contributed by atoms with E-state index in [4.69, 9.17) is 4.42 Å². The second-order valence-corrected chi connectivity index (χ2v) is 6.31. The van der Waals surface area contributed by atoms with Crippen LogP contribution in [0.3, 0.4) is 0 Å². The van der Waals surface area contributed by atoms with Gasteiger partial charge in [0.05, 0.1) is 12.7 Å². The summed E-state index contributed by atoms with van der Waals surface area (Å²) in [5.41, 5.74) is 4.27. The predicted octanol–water partition coefficient (Wildman–Crippen LogP) is 2.80. The van der Waals surface area contributed by atoms with Crippen LogP contribution in [0.5, 0.6) is 0 Å². The molecule has 1 aromatic carbocycles. The molecule has 1 aliphatic rings. The van der Waals surface area contributed by atoms with Crippen molar-refractivity contribution in [1.82, 2.24) is 10.2 Å². The fraction of sp³-hybridized carbons (Fsp3) is 0.500. The van der Waals surface area contributed by atoms with E-state index in [-0.39, 0.29) is 5.91 Å². The number of likely N-dealkylation sites (N-methyl/N-ethyl adjacent to an activating group) is 1. The number of rotatable bonds is 3. The average molecular weight is 300 g/mol. The van der Waals surface area contributed by atoms with Crippen LogP contribution in [0, 0.1) is 13.8 Å². The van der Waals surface area contributed by atoms with Gasteiger partial charge in [-0.25, -0.2) is 0 Å². The summed E-state index contributed by atoms with van der Waals surface area (Å²) in [7, 11) is 1.93. The summed E-state index contributed by atoms with van der Waals surface area (Å²) in [4.78, 5) is 14.5. The molecule has 0 unspecified atom stereocenters. The van der Waals surface area contributed by atoms with Crippen LogP contribution in [0.4, 0.5) is 0 Å². The van der Waals surface area contributed by atoms with Gasteiger partial charge in [-0.05, 0) is 50.9 Å². The number of carbonyl (C=O) groups is 1. The van der Waals surface area contributed by atoms with Crippen LogP contribution in [0.1, 0.15) is 29.5 Å². The second-order valence-electron chi connectivity index (χ2n) is 6.31. The van der Waals surface area contributed by atoms with E-state index in [9.17, 15) is 4.79 Å². The Morgan fingerprint density at radius 1 is 1.32 bits per heavy atom. The highest BCUT2D eigenvalue weighted by atomic mass is 16.3. The van der Waals surface area contributed by atoms with Crippen molar-refractivity contribution in [3.63, 3.8) is 0 Å². The summed E-state index contributed by atoms with van der Waals surface area (Å²) >= 11 is 0. The van der Waals surface area contributed by atoms with Crippen LogP contribution in [0.25, 0.3) is 11.0 Å². The first-order chi connectivity index (χ1) is 10.6. The van der Waals surface area contributed by atoms with Crippen molar-refractivity contribution in [3.8, 4) is 0 Å². The minimum absolute atomic E-state index is 0.174. The van der Waals surface area contributed by atoms with Gasteiger partial charge in [0.1, 0.15) is 5.58 Å². The minimum atomic E-state index is 0.174. The summed E-state index contributed by atoms with van der Waals surface area (Å²) in [5, 5.41) is 4.40. The van der Waals surface area contributed by atoms with Crippen molar-refractivity contribution in [2.45, 2.75) is 39.2 Å². The van der Waals surface area contributed by atoms with Crippen molar-refractivity contribution in [3.05, 3.63) is 35.1 Å². The van der Waals surface area contributed by atoms with E-state index in [0.29, 0.717) is 12.5 Å². The van der Waals surface area contributed by atoms with Crippen molar-refractivity contribution >= 4 is 16.9 Å². The Kier molecular flexibility index (Phi) is 4.21. The number of furan rings is 1. The molecule has 0 saturated carbocycles. The highest BCUT2D eigenvalue weighted by Gasteiger charge is 2.23. The van der Waals surface area contributed by atoms with Crippen molar-refractivity contribution in [2.75, 3.05) is 20.1 Å². The molecule has 0 aliphatic carbocycles. The molecular weight excluding hydrogens is 276 g/mol. The van der Waals surface area contributed by atoms with Gasteiger partial charge < -0.3 is 14.6 Å². The third-order valence-corrected chi connectivity index (χ3v) is 4.93. The number of hydrogen-bond donors (Lipinski definition) is 1. The zero-order chi connectivity index (χ0) is 15.7. The number of piperidine rings is 1. The maximum Gasteiger partial charge on any atom is 0.227 e. The van der Waals surface area contributed by atoms with Crippen molar-refractivity contribution < 1.29 is 9.21 Å². The first kappa shape index (κ1) is 15.1. The number of amides is 1. The molecule has 0 radical (unpaired) electrons. The number of nitrogens with one attached hydrogen (secondary N) is 1. The summed E-state index contributed by atoms with van der Waals surface area (Å²) in [6.45, 7) is 6.13. The molecule has 1 saturated heterocycles. The Hall–Kier alpha value is -1.81. The second kappa shape index (κ2) is 6.13. The van der Waals surface area contributed by atoms with Gasteiger partial charge in [0, 0.05) is 24.0 Å². The maximum atomic E-state index is 12.6. The van der Waals surface area contributed by atoms with Crippen LogP contribution in [-0.4, -0.2) is 37.0 Å². The molecule has 1 aliphatic heterocycles. The van der Waals surface area contributed by atoms with Gasteiger partial charge in [-0.3, -0.25) is 4.79 Å². The van der Waals surface area contributed by atoms with Gasteiger partial charge in [0.15, 0.2) is 0 Å². The fourth-order valence-corrected chi connectivity index (χ4v) is 3.21. The molecule has 4 nitrogen and oxygen atoms in total. The number of hydrogen-bond acceptors (Lipinski definition) is 3. The smallest absolute Gasteiger partial charge is 0.227 e. The number of nitrogens with zero attached hydrogens (tertiary/aromatic N) is 1. The van der Waals surface area contributed by atoms with Gasteiger partial charge in [-0.2, -0.15) is 0 Å². The van der Waals surface area contributed by atoms with E-state index in [0.717, 1.165) is 48.0 Å². The SMILES string of the molecule is Cc1ccc2c(CC(=O)N(C)C3CCNCC3)coc2c1C. The van der Waals surface area contributed by atoms with Gasteiger partial charge in [0.2, 0.25) is 5.91 Å². The van der Waals surface area contributed by atoms with E-state index in [1.807, 2.05) is 11.9 Å². The molecule has 0 spiro atoms. The highest BCUT2D eigenvalue weighted by Crippen LogP contribution is 2.27. The lowest BCUT2D eigenvalue weighted by atomic mass is 10.0. The minimum Gasteiger partial charge on any atom is -0.464 e. The Morgan fingerprint density at radius 3 is 2.77 bits per heavy atom. The Bertz CT molecular complexity index is 684. The molecule has 1 fully saturated rings. The molecule has 0 atom stereocenters. The zero-order valence-electron chi connectivity index (χ0n) is 13.6. The van der Waals surface area contributed by atoms with E-state index in [2.05, 4.69) is 31.3 Å². The topological polar surface area (TPSA) is 45.5 Å². The lowest BCUT2D eigenvalue weighted by Crippen LogP contribution is -2.44. The first-order valence-corrected chi connectivity index (χ1v) is 8.00. The Balaban J connectivity index is 1.78. The van der Waals surface area contributed by atoms with Gasteiger partial charge in [-0.1, -0.05) is 12.1 Å². The molecule has 1 amide bonds. The normalized spacial score (nSPS) is 16.1. The third-order valence-electron chi connectivity index (χ3n) is 4.93. The largest absolute Gasteiger partial charge is 0.464 e. The first-order valence-electron chi connectivity index (χ1n) is 8.00. The fourth-order valence-electron chi connectivity index (χ4n) is 3.21. The van der Waals surface area contributed by atoms with Gasteiger partial charge in [-0.15, -0.1) is 0 Å². The highest BCUT2D eigenvalue weighted by molar-refractivity contribution is 5.89. The monoisotopic (exact) mass is 300 g/mol. The molecule has 3 rings (SSSR count). The number of carbonyl (C=O) groups excluding carboxylic acids is 1. The van der Waals surface area contributed by atoms with Crippen molar-refractivity contribution in [1.29, 1.82) is 0 Å². The van der Waals surface area contributed by atoms with E-state index >= 15 is 0 Å². The van der Waals surface area contributed by atoms with Crippen LogP contribution in [-0.2, 0) is 11.2 Å². The van der Waals surface area contributed by atoms with Crippen LogP contribution in [0.15, 0.2) is 22.8 Å². The summed E-state index contributed by atoms with van der Waals surface area (Å²) in [6, 6.07) is 4.52. The third kappa shape index (κ3) is 2.75. The quantitative estimate of drug-likeness (QED) is 0.948. The van der Waals surface area contributed by atoms with Crippen LogP contribution >= 0.6 is 0 Å². The predicted molar refractivity (Wildman–Crippen MR) is 88.1 cm³/mol. The zero-order valence-corrected chi connectivity index (χ0v) is 13.6. The van der Waals surface area contributed by atoms with E-state index in [1.165, 1.54) is 5.56 Å². The lowest BCUT2D eigenvalue weighted by Gasteiger charge is -2.31. The molecule has 22 heavy (non-hydrogen) atoms. The number of aryl methyl sites for hydroxylation is 2. The van der Waals surface area contributed by atoms with Crippen molar-refractivity contribution in [2.24, 2.45) is 0 Å². The molecule has 0 bridgehead atoms. The number of benzene rings is 1. The molecular formula is C18H24N2O2. The molecule has 1 N–H and O–H groups in total. The molecule has 2 heterocycles. The summed E-state index contributed by atoms with van der Waals surface area (Å²) < 4.78 is 5.71. The molecule has 118 valence electrons. The Morgan fingerprint density at radius 2 is 2.05 bits per heavy atom.